The van der Waals surface area contributed by atoms with Crippen LogP contribution in [0.4, 0.5) is 5.69 Å². The van der Waals surface area contributed by atoms with E-state index in [1.807, 2.05) is 14.1 Å². The van der Waals surface area contributed by atoms with Crippen molar-refractivity contribution >= 4 is 23.2 Å². The Morgan fingerprint density at radius 2 is 1.88 bits per heavy atom. The number of hydrogen-bond donors (Lipinski definition) is 0. The highest BCUT2D eigenvalue weighted by atomic mass is 35.5. The molecule has 2 aromatic rings. The number of ether oxygens (including phenoxy) is 2. The van der Waals surface area contributed by atoms with Gasteiger partial charge in [-0.25, -0.2) is 0 Å². The second-order valence-corrected chi connectivity index (χ2v) is 6.86. The van der Waals surface area contributed by atoms with Crippen LogP contribution in [-0.2, 0) is 9.53 Å². The molecule has 138 valence electrons. The topological polar surface area (TPSA) is 42.0 Å². The van der Waals surface area contributed by atoms with Crippen molar-refractivity contribution in [2.24, 2.45) is 0 Å². The van der Waals surface area contributed by atoms with Gasteiger partial charge in [-0.2, -0.15) is 0 Å². The molecule has 0 spiro atoms. The van der Waals surface area contributed by atoms with Gasteiger partial charge < -0.3 is 19.3 Å². The van der Waals surface area contributed by atoms with E-state index in [-0.39, 0.29) is 18.6 Å². The molecule has 1 heterocycles. The minimum atomic E-state index is -0.112. The molecule has 0 saturated carbocycles. The van der Waals surface area contributed by atoms with Crippen molar-refractivity contribution in [3.63, 3.8) is 0 Å². The van der Waals surface area contributed by atoms with Gasteiger partial charge in [-0.15, -0.1) is 0 Å². The van der Waals surface area contributed by atoms with Crippen molar-refractivity contribution in [2.45, 2.75) is 6.10 Å². The van der Waals surface area contributed by atoms with Crippen molar-refractivity contribution in [2.75, 3.05) is 45.3 Å². The van der Waals surface area contributed by atoms with Crippen LogP contribution in [-0.4, -0.2) is 51.2 Å². The largest absolute Gasteiger partial charge is 0.484 e. The van der Waals surface area contributed by atoms with E-state index in [1.54, 1.807) is 29.2 Å². The molecule has 1 unspecified atom stereocenters. The lowest BCUT2D eigenvalue weighted by molar-refractivity contribution is -0.141. The van der Waals surface area contributed by atoms with Gasteiger partial charge >= 0.3 is 0 Å². The lowest BCUT2D eigenvalue weighted by Gasteiger charge is -2.33. The maximum absolute atomic E-state index is 12.5. The molecule has 1 fully saturated rings. The number of rotatable bonds is 5. The first-order chi connectivity index (χ1) is 12.5. The molecule has 1 aliphatic heterocycles. The molecule has 6 heteroatoms. The Morgan fingerprint density at radius 1 is 1.19 bits per heavy atom. The summed E-state index contributed by atoms with van der Waals surface area (Å²) in [6.07, 6.45) is -0.112. The summed E-state index contributed by atoms with van der Waals surface area (Å²) in [5, 5.41) is 0.639. The van der Waals surface area contributed by atoms with E-state index in [0.717, 1.165) is 11.3 Å². The van der Waals surface area contributed by atoms with Crippen LogP contribution in [0.5, 0.6) is 5.75 Å². The molecular weight excluding hydrogens is 352 g/mol. The Bertz CT molecular complexity index is 732. The zero-order valence-electron chi connectivity index (χ0n) is 15.0. The van der Waals surface area contributed by atoms with Crippen molar-refractivity contribution in [3.05, 3.63) is 59.1 Å². The summed E-state index contributed by atoms with van der Waals surface area (Å²) in [6.45, 7) is 1.64. The summed E-state index contributed by atoms with van der Waals surface area (Å²) >= 11 is 5.85. The van der Waals surface area contributed by atoms with Crippen LogP contribution in [0.1, 0.15) is 11.7 Å². The van der Waals surface area contributed by atoms with Gasteiger partial charge in [-0.1, -0.05) is 23.7 Å². The molecule has 0 radical (unpaired) electrons. The first-order valence-corrected chi connectivity index (χ1v) is 8.96. The maximum atomic E-state index is 12.5. The van der Waals surface area contributed by atoms with E-state index in [4.69, 9.17) is 21.1 Å². The predicted octanol–water partition coefficient (Wildman–Crippen LogP) is 3.38. The van der Waals surface area contributed by atoms with Crippen LogP contribution in [0.15, 0.2) is 48.5 Å². The number of anilines is 1. The smallest absolute Gasteiger partial charge is 0.260 e. The van der Waals surface area contributed by atoms with Gasteiger partial charge in [0.1, 0.15) is 11.9 Å². The summed E-state index contributed by atoms with van der Waals surface area (Å²) in [5.41, 5.74) is 2.21. The summed E-state index contributed by atoms with van der Waals surface area (Å²) in [7, 11) is 4.01. The van der Waals surface area contributed by atoms with Gasteiger partial charge in [0.25, 0.3) is 5.91 Å². The predicted molar refractivity (Wildman–Crippen MR) is 103 cm³/mol. The minimum absolute atomic E-state index is 0.00786. The Labute approximate surface area is 159 Å². The van der Waals surface area contributed by atoms with Crippen LogP contribution in [0.2, 0.25) is 5.02 Å². The molecule has 0 aromatic heterocycles. The van der Waals surface area contributed by atoms with E-state index in [1.165, 1.54) is 0 Å². The quantitative estimate of drug-likeness (QED) is 0.804. The summed E-state index contributed by atoms with van der Waals surface area (Å²) < 4.78 is 11.4. The highest BCUT2D eigenvalue weighted by Crippen LogP contribution is 2.24. The number of amides is 1. The van der Waals surface area contributed by atoms with Gasteiger partial charge in [0.15, 0.2) is 6.61 Å². The lowest BCUT2D eigenvalue weighted by atomic mass is 10.1. The fourth-order valence-corrected chi connectivity index (χ4v) is 2.96. The van der Waals surface area contributed by atoms with E-state index in [9.17, 15) is 4.79 Å². The fourth-order valence-electron chi connectivity index (χ4n) is 2.83. The third-order valence-electron chi connectivity index (χ3n) is 4.38. The van der Waals surface area contributed by atoms with Crippen molar-refractivity contribution < 1.29 is 14.3 Å². The maximum Gasteiger partial charge on any atom is 0.260 e. The molecule has 26 heavy (non-hydrogen) atoms. The van der Waals surface area contributed by atoms with Crippen LogP contribution < -0.4 is 9.64 Å². The molecule has 2 aromatic carbocycles. The molecule has 1 aliphatic rings. The Hall–Kier alpha value is -2.24. The van der Waals surface area contributed by atoms with Crippen LogP contribution >= 0.6 is 11.6 Å². The van der Waals surface area contributed by atoms with Gasteiger partial charge in [0.2, 0.25) is 0 Å². The fraction of sp³-hybridized carbons (Fsp3) is 0.350. The average molecular weight is 375 g/mol. The van der Waals surface area contributed by atoms with Crippen LogP contribution in [0, 0.1) is 0 Å². The zero-order chi connectivity index (χ0) is 18.5. The zero-order valence-corrected chi connectivity index (χ0v) is 15.8. The molecule has 1 saturated heterocycles. The van der Waals surface area contributed by atoms with E-state index >= 15 is 0 Å². The van der Waals surface area contributed by atoms with E-state index in [2.05, 4.69) is 29.2 Å². The number of benzene rings is 2. The molecule has 1 atom stereocenters. The van der Waals surface area contributed by atoms with Crippen LogP contribution in [0.3, 0.4) is 0 Å². The van der Waals surface area contributed by atoms with E-state index < -0.39 is 0 Å². The third-order valence-corrected chi connectivity index (χ3v) is 4.63. The number of nitrogens with zero attached hydrogens (tertiary/aromatic N) is 2. The Balaban J connectivity index is 1.57. The number of hydrogen-bond acceptors (Lipinski definition) is 4. The van der Waals surface area contributed by atoms with Crippen molar-refractivity contribution in [1.82, 2.24) is 4.90 Å². The first kappa shape index (κ1) is 18.5. The average Bonchev–Trinajstić information content (AvgIpc) is 2.67. The molecule has 0 aliphatic carbocycles. The highest BCUT2D eigenvalue weighted by Gasteiger charge is 2.25. The van der Waals surface area contributed by atoms with Crippen molar-refractivity contribution in [1.29, 1.82) is 0 Å². The summed E-state index contributed by atoms with van der Waals surface area (Å²) in [4.78, 5) is 16.3. The molecule has 1 amide bonds. The van der Waals surface area contributed by atoms with Crippen molar-refractivity contribution in [3.8, 4) is 5.75 Å². The number of halogens is 1. The second kappa shape index (κ2) is 8.43. The Kier molecular flexibility index (Phi) is 6.01. The molecule has 0 N–H and O–H groups in total. The van der Waals surface area contributed by atoms with E-state index in [0.29, 0.717) is 30.5 Å². The van der Waals surface area contributed by atoms with Gasteiger partial charge in [-0.3, -0.25) is 4.79 Å². The summed E-state index contributed by atoms with van der Waals surface area (Å²) in [6, 6.07) is 15.2. The number of carbonyl (C=O) groups excluding carboxylic acids is 1. The highest BCUT2D eigenvalue weighted by molar-refractivity contribution is 6.30. The van der Waals surface area contributed by atoms with Gasteiger partial charge in [0.05, 0.1) is 13.2 Å². The third kappa shape index (κ3) is 4.68. The second-order valence-electron chi connectivity index (χ2n) is 6.43. The van der Waals surface area contributed by atoms with Crippen LogP contribution in [0.25, 0.3) is 0 Å². The SMILES string of the molecule is CN(C)c1ccc(C2CN(C(=O)COc3ccc(Cl)cc3)CCO2)cc1. The molecule has 5 nitrogen and oxygen atoms in total. The van der Waals surface area contributed by atoms with Gasteiger partial charge in [-0.05, 0) is 42.0 Å². The number of carbonyl (C=O) groups is 1. The standard InChI is InChI=1S/C20H23ClN2O3/c1-22(2)17-7-3-15(4-8-17)19-13-23(11-12-25-19)20(24)14-26-18-9-5-16(21)6-10-18/h3-10,19H,11-14H2,1-2H3. The first-order valence-electron chi connectivity index (χ1n) is 8.58. The number of morpholine rings is 1. The molecule has 3 rings (SSSR count). The monoisotopic (exact) mass is 374 g/mol. The summed E-state index contributed by atoms with van der Waals surface area (Å²) in [5.74, 6) is 0.588. The van der Waals surface area contributed by atoms with Gasteiger partial charge in [0, 0.05) is 31.4 Å². The lowest BCUT2D eigenvalue weighted by Crippen LogP contribution is -2.44. The minimum Gasteiger partial charge on any atom is -0.484 e. The molecular formula is C20H23ClN2O3. The normalized spacial score (nSPS) is 17.0. The Morgan fingerprint density at radius 3 is 2.54 bits per heavy atom. The molecule has 0 bridgehead atoms.